The maximum absolute atomic E-state index is 12.0. The van der Waals surface area contributed by atoms with Crippen LogP contribution in [0.4, 0.5) is 5.69 Å². The van der Waals surface area contributed by atoms with Gasteiger partial charge < -0.3 is 15.8 Å². The summed E-state index contributed by atoms with van der Waals surface area (Å²) in [5.74, 6) is 0.940. The number of para-hydroxylation sites is 2. The third-order valence-corrected chi connectivity index (χ3v) is 3.92. The molecule has 2 aromatic carbocycles. The summed E-state index contributed by atoms with van der Waals surface area (Å²) < 4.78 is 5.20. The number of anilines is 1. The fourth-order valence-electron chi connectivity index (χ4n) is 1.80. The third kappa shape index (κ3) is 4.51. The van der Waals surface area contributed by atoms with Crippen molar-refractivity contribution in [1.29, 1.82) is 0 Å². The summed E-state index contributed by atoms with van der Waals surface area (Å²) in [5.41, 5.74) is 7.32. The number of carbonyl (C=O) groups is 1. The smallest absolute Gasteiger partial charge is 0.234 e. The summed E-state index contributed by atoms with van der Waals surface area (Å²) in [5, 5.41) is 2.85. The Hall–Kier alpha value is -1.98. The van der Waals surface area contributed by atoms with Crippen LogP contribution >= 0.6 is 11.8 Å². The molecule has 0 heterocycles. The Balaban J connectivity index is 1.89. The highest BCUT2D eigenvalue weighted by atomic mass is 32.2. The Bertz CT molecular complexity index is 599. The molecule has 0 aliphatic rings. The van der Waals surface area contributed by atoms with Crippen LogP contribution in [0.5, 0.6) is 5.75 Å². The number of benzene rings is 2. The van der Waals surface area contributed by atoms with Crippen molar-refractivity contribution in [2.24, 2.45) is 5.73 Å². The minimum Gasteiger partial charge on any atom is -0.495 e. The Labute approximate surface area is 128 Å². The lowest BCUT2D eigenvalue weighted by molar-refractivity contribution is -0.113. The first kappa shape index (κ1) is 15.4. The second-order valence-corrected chi connectivity index (χ2v) is 5.43. The van der Waals surface area contributed by atoms with Crippen molar-refractivity contribution in [3.8, 4) is 5.75 Å². The Morgan fingerprint density at radius 2 is 1.90 bits per heavy atom. The lowest BCUT2D eigenvalue weighted by Gasteiger charge is -2.09. The fourth-order valence-corrected chi connectivity index (χ4v) is 2.50. The minimum absolute atomic E-state index is 0.0626. The zero-order valence-corrected chi connectivity index (χ0v) is 12.7. The molecule has 0 spiro atoms. The highest BCUT2D eigenvalue weighted by Gasteiger charge is 2.07. The number of rotatable bonds is 6. The number of amides is 1. The first-order valence-electron chi connectivity index (χ1n) is 6.57. The predicted octanol–water partition coefficient (Wildman–Crippen LogP) is 2.88. The van der Waals surface area contributed by atoms with Gasteiger partial charge in [0.2, 0.25) is 5.91 Å². The quantitative estimate of drug-likeness (QED) is 0.805. The van der Waals surface area contributed by atoms with Gasteiger partial charge in [-0.3, -0.25) is 4.79 Å². The molecule has 0 fully saturated rings. The molecule has 110 valence electrons. The van der Waals surface area contributed by atoms with E-state index in [2.05, 4.69) is 5.32 Å². The van der Waals surface area contributed by atoms with E-state index in [1.165, 1.54) is 11.8 Å². The summed E-state index contributed by atoms with van der Waals surface area (Å²) in [6.45, 7) is 0.527. The molecule has 0 bridgehead atoms. The van der Waals surface area contributed by atoms with Gasteiger partial charge in [-0.05, 0) is 29.8 Å². The van der Waals surface area contributed by atoms with E-state index in [0.717, 1.165) is 10.5 Å². The summed E-state index contributed by atoms with van der Waals surface area (Å²) in [6.07, 6.45) is 0. The second kappa shape index (κ2) is 7.71. The van der Waals surface area contributed by atoms with Crippen LogP contribution in [-0.2, 0) is 11.3 Å². The second-order valence-electron chi connectivity index (χ2n) is 4.39. The van der Waals surface area contributed by atoms with Gasteiger partial charge in [0.25, 0.3) is 0 Å². The van der Waals surface area contributed by atoms with Crippen LogP contribution in [0.25, 0.3) is 0 Å². The molecule has 1 amide bonds. The van der Waals surface area contributed by atoms with Crippen LogP contribution < -0.4 is 15.8 Å². The van der Waals surface area contributed by atoms with Gasteiger partial charge >= 0.3 is 0 Å². The monoisotopic (exact) mass is 302 g/mol. The molecule has 2 aromatic rings. The Kier molecular flexibility index (Phi) is 5.66. The number of carbonyl (C=O) groups excluding carboxylic acids is 1. The van der Waals surface area contributed by atoms with Crippen LogP contribution in [0.2, 0.25) is 0 Å². The molecule has 0 unspecified atom stereocenters. The van der Waals surface area contributed by atoms with Gasteiger partial charge in [0.1, 0.15) is 5.75 Å². The van der Waals surface area contributed by atoms with Crippen LogP contribution in [0.3, 0.4) is 0 Å². The van der Waals surface area contributed by atoms with Crippen LogP contribution in [0, 0.1) is 0 Å². The lowest BCUT2D eigenvalue weighted by atomic mass is 10.2. The zero-order valence-electron chi connectivity index (χ0n) is 11.8. The molecule has 0 radical (unpaired) electrons. The first-order valence-corrected chi connectivity index (χ1v) is 7.56. The standard InChI is InChI=1S/C16H18N2O2S/c1-20-15-5-3-2-4-14(15)18-16(19)11-21-13-8-6-12(10-17)7-9-13/h2-9H,10-11,17H2,1H3,(H,18,19). The maximum atomic E-state index is 12.0. The number of ether oxygens (including phenoxy) is 1. The average Bonchev–Trinajstić information content (AvgIpc) is 2.54. The predicted molar refractivity (Wildman–Crippen MR) is 86.7 cm³/mol. The molecule has 0 saturated carbocycles. The lowest BCUT2D eigenvalue weighted by Crippen LogP contribution is -2.14. The number of nitrogens with one attached hydrogen (secondary N) is 1. The highest BCUT2D eigenvalue weighted by Crippen LogP contribution is 2.24. The SMILES string of the molecule is COc1ccccc1NC(=O)CSc1ccc(CN)cc1. The van der Waals surface area contributed by atoms with Crippen LogP contribution in [0.1, 0.15) is 5.56 Å². The van der Waals surface area contributed by atoms with E-state index in [-0.39, 0.29) is 5.91 Å². The molecule has 0 aromatic heterocycles. The summed E-state index contributed by atoms with van der Waals surface area (Å²) in [6, 6.07) is 15.2. The van der Waals surface area contributed by atoms with Gasteiger partial charge in [-0.1, -0.05) is 24.3 Å². The number of thioether (sulfide) groups is 1. The zero-order chi connectivity index (χ0) is 15.1. The molecule has 5 heteroatoms. The summed E-state index contributed by atoms with van der Waals surface area (Å²) >= 11 is 1.49. The van der Waals surface area contributed by atoms with E-state index in [9.17, 15) is 4.79 Å². The summed E-state index contributed by atoms with van der Waals surface area (Å²) in [7, 11) is 1.58. The topological polar surface area (TPSA) is 64.3 Å². The molecule has 3 N–H and O–H groups in total. The largest absolute Gasteiger partial charge is 0.495 e. The first-order chi connectivity index (χ1) is 10.2. The summed E-state index contributed by atoms with van der Waals surface area (Å²) in [4.78, 5) is 13.0. The molecule has 21 heavy (non-hydrogen) atoms. The minimum atomic E-state index is -0.0626. The molecule has 0 aliphatic heterocycles. The van der Waals surface area contributed by atoms with Crippen molar-refractivity contribution in [2.45, 2.75) is 11.4 Å². The number of methoxy groups -OCH3 is 1. The van der Waals surface area contributed by atoms with Crippen molar-refractivity contribution in [2.75, 3.05) is 18.2 Å². The molecule has 2 rings (SSSR count). The van der Waals surface area contributed by atoms with Crippen LogP contribution in [0.15, 0.2) is 53.4 Å². The fraction of sp³-hybridized carbons (Fsp3) is 0.188. The van der Waals surface area contributed by atoms with Gasteiger partial charge in [0.15, 0.2) is 0 Å². The van der Waals surface area contributed by atoms with Crippen molar-refractivity contribution >= 4 is 23.4 Å². The molecule has 0 atom stereocenters. The van der Waals surface area contributed by atoms with E-state index >= 15 is 0 Å². The Morgan fingerprint density at radius 3 is 2.57 bits per heavy atom. The number of hydrogen-bond donors (Lipinski definition) is 2. The molecule has 4 nitrogen and oxygen atoms in total. The molecule has 0 saturated heterocycles. The van der Waals surface area contributed by atoms with Crippen molar-refractivity contribution in [3.05, 3.63) is 54.1 Å². The Morgan fingerprint density at radius 1 is 1.19 bits per heavy atom. The highest BCUT2D eigenvalue weighted by molar-refractivity contribution is 8.00. The van der Waals surface area contributed by atoms with E-state index in [1.54, 1.807) is 7.11 Å². The van der Waals surface area contributed by atoms with E-state index in [1.807, 2.05) is 48.5 Å². The van der Waals surface area contributed by atoms with Gasteiger partial charge in [0.05, 0.1) is 18.6 Å². The van der Waals surface area contributed by atoms with Gasteiger partial charge in [0, 0.05) is 11.4 Å². The average molecular weight is 302 g/mol. The molecular weight excluding hydrogens is 284 g/mol. The van der Waals surface area contributed by atoms with Crippen molar-refractivity contribution in [1.82, 2.24) is 0 Å². The van der Waals surface area contributed by atoms with E-state index in [0.29, 0.717) is 23.7 Å². The van der Waals surface area contributed by atoms with Crippen LogP contribution in [-0.4, -0.2) is 18.8 Å². The third-order valence-electron chi connectivity index (χ3n) is 2.91. The van der Waals surface area contributed by atoms with Gasteiger partial charge in [-0.2, -0.15) is 0 Å². The van der Waals surface area contributed by atoms with Gasteiger partial charge in [-0.25, -0.2) is 0 Å². The van der Waals surface area contributed by atoms with Crippen molar-refractivity contribution < 1.29 is 9.53 Å². The van der Waals surface area contributed by atoms with E-state index in [4.69, 9.17) is 10.5 Å². The number of hydrogen-bond acceptors (Lipinski definition) is 4. The number of nitrogens with two attached hydrogens (primary N) is 1. The molecule has 0 aliphatic carbocycles. The maximum Gasteiger partial charge on any atom is 0.234 e. The van der Waals surface area contributed by atoms with Crippen molar-refractivity contribution in [3.63, 3.8) is 0 Å². The molecular formula is C16H18N2O2S. The normalized spacial score (nSPS) is 10.2. The van der Waals surface area contributed by atoms with E-state index < -0.39 is 0 Å². The van der Waals surface area contributed by atoms with Gasteiger partial charge in [-0.15, -0.1) is 11.8 Å².